The fraction of sp³-hybridized carbons (Fsp3) is 0.304. The first-order chi connectivity index (χ1) is 15.4. The molecule has 0 bridgehead atoms. The van der Waals surface area contributed by atoms with E-state index in [1.54, 1.807) is 24.3 Å². The molecule has 2 aromatic carbocycles. The molecule has 0 spiro atoms. The topological polar surface area (TPSA) is 104 Å². The van der Waals surface area contributed by atoms with E-state index in [4.69, 9.17) is 13.9 Å². The maximum Gasteiger partial charge on any atom is 0.338 e. The van der Waals surface area contributed by atoms with Crippen LogP contribution in [0.5, 0.6) is 5.75 Å². The Hall–Kier alpha value is -3.33. The summed E-state index contributed by atoms with van der Waals surface area (Å²) in [5.74, 6) is 0.581. The molecule has 9 heteroatoms. The van der Waals surface area contributed by atoms with Crippen LogP contribution in [0.2, 0.25) is 0 Å². The molecule has 0 saturated carbocycles. The lowest BCUT2D eigenvalue weighted by molar-refractivity contribution is -0.113. The lowest BCUT2D eigenvalue weighted by Gasteiger charge is -2.07. The minimum absolute atomic E-state index is 0.0970. The number of ether oxygens (including phenoxy) is 2. The van der Waals surface area contributed by atoms with Gasteiger partial charge in [0.15, 0.2) is 6.61 Å². The van der Waals surface area contributed by atoms with Gasteiger partial charge in [-0.1, -0.05) is 30.8 Å². The van der Waals surface area contributed by atoms with Gasteiger partial charge in [-0.05, 0) is 61.7 Å². The van der Waals surface area contributed by atoms with E-state index in [2.05, 4.69) is 15.5 Å². The van der Waals surface area contributed by atoms with Crippen molar-refractivity contribution in [2.45, 2.75) is 39.0 Å². The van der Waals surface area contributed by atoms with Gasteiger partial charge in [-0.3, -0.25) is 4.79 Å². The molecule has 1 amide bonds. The zero-order chi connectivity index (χ0) is 22.9. The third-order valence-electron chi connectivity index (χ3n) is 4.31. The number of aryl methyl sites for hydroxylation is 2. The van der Waals surface area contributed by atoms with Gasteiger partial charge >= 0.3 is 5.97 Å². The average molecular weight is 456 g/mol. The molecule has 0 aliphatic carbocycles. The molecule has 0 aliphatic rings. The molecular weight excluding hydrogens is 430 g/mol. The molecule has 0 atom stereocenters. The molecule has 0 aliphatic heterocycles. The van der Waals surface area contributed by atoms with Crippen molar-refractivity contribution in [1.29, 1.82) is 0 Å². The van der Waals surface area contributed by atoms with Crippen LogP contribution < -0.4 is 10.1 Å². The number of hydrogen-bond acceptors (Lipinski definition) is 8. The van der Waals surface area contributed by atoms with Crippen molar-refractivity contribution in [1.82, 2.24) is 10.2 Å². The Morgan fingerprint density at radius 1 is 1.09 bits per heavy atom. The largest absolute Gasteiger partial charge is 0.484 e. The second kappa shape index (κ2) is 11.3. The molecule has 0 unspecified atom stereocenters. The summed E-state index contributed by atoms with van der Waals surface area (Å²) in [5, 5.41) is 10.9. The zero-order valence-electron chi connectivity index (χ0n) is 18.2. The van der Waals surface area contributed by atoms with Crippen molar-refractivity contribution in [2.24, 2.45) is 0 Å². The lowest BCUT2D eigenvalue weighted by atomic mass is 10.1. The van der Waals surface area contributed by atoms with Crippen LogP contribution >= 0.6 is 11.8 Å². The highest BCUT2D eigenvalue weighted by molar-refractivity contribution is 7.99. The summed E-state index contributed by atoms with van der Waals surface area (Å²) in [4.78, 5) is 24.0. The number of hydrogen-bond donors (Lipinski definition) is 1. The van der Waals surface area contributed by atoms with E-state index in [0.717, 1.165) is 35.1 Å². The number of aromatic nitrogens is 2. The third-order valence-corrected chi connectivity index (χ3v) is 5.13. The van der Waals surface area contributed by atoms with Crippen LogP contribution in [0.15, 0.2) is 52.1 Å². The molecule has 0 radical (unpaired) electrons. The Kier molecular flexibility index (Phi) is 8.27. The number of anilines is 1. The van der Waals surface area contributed by atoms with E-state index in [1.165, 1.54) is 0 Å². The third kappa shape index (κ3) is 6.84. The molecule has 32 heavy (non-hydrogen) atoms. The Morgan fingerprint density at radius 2 is 1.88 bits per heavy atom. The Balaban J connectivity index is 1.45. The minimum Gasteiger partial charge on any atom is -0.484 e. The molecule has 0 saturated heterocycles. The van der Waals surface area contributed by atoms with Crippen LogP contribution in [0.3, 0.4) is 0 Å². The van der Waals surface area contributed by atoms with E-state index in [1.807, 2.05) is 39.0 Å². The number of benzene rings is 2. The standard InChI is InChI=1S/C23H25N3O5S/c1-4-11-29-22(28)17-7-9-18(10-8-17)24-20(27)14-32-23-26-25-21(31-23)13-30-19-12-15(2)5-6-16(19)3/h5-10,12H,4,11,13-14H2,1-3H3,(H,24,27). The Bertz CT molecular complexity index is 1070. The lowest BCUT2D eigenvalue weighted by Crippen LogP contribution is -2.14. The maximum atomic E-state index is 12.2. The van der Waals surface area contributed by atoms with Gasteiger partial charge in [0, 0.05) is 5.69 Å². The molecule has 0 fully saturated rings. The summed E-state index contributed by atoms with van der Waals surface area (Å²) in [6.07, 6.45) is 0.762. The predicted octanol–water partition coefficient (Wildman–Crippen LogP) is 4.56. The van der Waals surface area contributed by atoms with E-state index in [9.17, 15) is 9.59 Å². The predicted molar refractivity (Wildman–Crippen MR) is 121 cm³/mol. The quantitative estimate of drug-likeness (QED) is 0.350. The molecule has 1 aromatic heterocycles. The van der Waals surface area contributed by atoms with Crippen molar-refractivity contribution >= 4 is 29.3 Å². The van der Waals surface area contributed by atoms with E-state index in [-0.39, 0.29) is 29.5 Å². The average Bonchev–Trinajstić information content (AvgIpc) is 3.25. The second-order valence-corrected chi connectivity index (χ2v) is 8.00. The molecule has 1 N–H and O–H groups in total. The molecule has 3 rings (SSSR count). The van der Waals surface area contributed by atoms with Gasteiger partial charge in [-0.25, -0.2) is 4.79 Å². The number of nitrogens with one attached hydrogen (secondary N) is 1. The van der Waals surface area contributed by atoms with Gasteiger partial charge in [-0.15, -0.1) is 10.2 Å². The van der Waals surface area contributed by atoms with Crippen molar-refractivity contribution in [2.75, 3.05) is 17.7 Å². The number of thioether (sulfide) groups is 1. The summed E-state index contributed by atoms with van der Waals surface area (Å²) in [7, 11) is 0. The number of esters is 1. The highest BCUT2D eigenvalue weighted by Gasteiger charge is 2.12. The second-order valence-electron chi connectivity index (χ2n) is 7.07. The number of amides is 1. The van der Waals surface area contributed by atoms with Crippen LogP contribution in [-0.2, 0) is 16.1 Å². The summed E-state index contributed by atoms with van der Waals surface area (Å²) < 4.78 is 16.4. The summed E-state index contributed by atoms with van der Waals surface area (Å²) in [6, 6.07) is 12.5. The fourth-order valence-corrected chi connectivity index (χ4v) is 3.23. The van der Waals surface area contributed by atoms with Gasteiger partial charge in [0.05, 0.1) is 17.9 Å². The van der Waals surface area contributed by atoms with Gasteiger partial charge in [-0.2, -0.15) is 0 Å². The number of nitrogens with zero attached hydrogens (tertiary/aromatic N) is 2. The van der Waals surface area contributed by atoms with Crippen LogP contribution in [-0.4, -0.2) is 34.4 Å². The SMILES string of the molecule is CCCOC(=O)c1ccc(NC(=O)CSc2nnc(COc3cc(C)ccc3C)o2)cc1. The molecule has 8 nitrogen and oxygen atoms in total. The van der Waals surface area contributed by atoms with Crippen molar-refractivity contribution in [3.05, 3.63) is 65.0 Å². The van der Waals surface area contributed by atoms with Crippen LogP contribution in [0.25, 0.3) is 0 Å². The van der Waals surface area contributed by atoms with Crippen LogP contribution in [0.4, 0.5) is 5.69 Å². The van der Waals surface area contributed by atoms with Crippen molar-refractivity contribution < 1.29 is 23.5 Å². The maximum absolute atomic E-state index is 12.2. The van der Waals surface area contributed by atoms with Crippen molar-refractivity contribution in [3.8, 4) is 5.75 Å². The van der Waals surface area contributed by atoms with E-state index < -0.39 is 0 Å². The summed E-state index contributed by atoms with van der Waals surface area (Å²) in [5.41, 5.74) is 3.14. The van der Waals surface area contributed by atoms with E-state index in [0.29, 0.717) is 23.7 Å². The normalized spacial score (nSPS) is 10.6. The summed E-state index contributed by atoms with van der Waals surface area (Å²) >= 11 is 1.13. The zero-order valence-corrected chi connectivity index (χ0v) is 19.0. The first-order valence-corrected chi connectivity index (χ1v) is 11.2. The van der Waals surface area contributed by atoms with Crippen molar-refractivity contribution in [3.63, 3.8) is 0 Å². The monoisotopic (exact) mass is 455 g/mol. The number of carbonyl (C=O) groups is 2. The molecule has 3 aromatic rings. The van der Waals surface area contributed by atoms with Gasteiger partial charge in [0.25, 0.3) is 11.1 Å². The smallest absolute Gasteiger partial charge is 0.338 e. The molecule has 168 valence electrons. The van der Waals surface area contributed by atoms with Gasteiger partial charge in [0.1, 0.15) is 5.75 Å². The number of carbonyl (C=O) groups excluding carboxylic acids is 2. The highest BCUT2D eigenvalue weighted by atomic mass is 32.2. The van der Waals surface area contributed by atoms with Crippen LogP contribution in [0.1, 0.15) is 40.7 Å². The van der Waals surface area contributed by atoms with Crippen LogP contribution in [0, 0.1) is 13.8 Å². The summed E-state index contributed by atoms with van der Waals surface area (Å²) in [6.45, 7) is 6.42. The number of rotatable bonds is 10. The Labute approximate surface area is 190 Å². The minimum atomic E-state index is -0.381. The molecule has 1 heterocycles. The highest BCUT2D eigenvalue weighted by Crippen LogP contribution is 2.22. The fourth-order valence-electron chi connectivity index (χ4n) is 2.65. The van der Waals surface area contributed by atoms with Gasteiger partial charge in [0.2, 0.25) is 5.91 Å². The Morgan fingerprint density at radius 3 is 2.62 bits per heavy atom. The molecular formula is C23H25N3O5S. The van der Waals surface area contributed by atoms with Gasteiger partial charge < -0.3 is 19.2 Å². The first kappa shape index (κ1) is 23.3. The first-order valence-electron chi connectivity index (χ1n) is 10.2. The van der Waals surface area contributed by atoms with E-state index >= 15 is 0 Å².